The fraction of sp³-hybridized carbons (Fsp3) is 0.522. The summed E-state index contributed by atoms with van der Waals surface area (Å²) in [5.41, 5.74) is 10.9. The van der Waals surface area contributed by atoms with E-state index in [1.807, 2.05) is 24.3 Å². The monoisotopic (exact) mass is 441 g/mol. The summed E-state index contributed by atoms with van der Waals surface area (Å²) in [7, 11) is 0. The van der Waals surface area contributed by atoms with Crippen molar-refractivity contribution >= 4 is 34.1 Å². The van der Waals surface area contributed by atoms with Crippen molar-refractivity contribution in [3.8, 4) is 0 Å². The van der Waals surface area contributed by atoms with Gasteiger partial charge in [-0.15, -0.1) is 0 Å². The Morgan fingerprint density at radius 1 is 1.23 bits per heavy atom. The Hall–Kier alpha value is -2.38. The van der Waals surface area contributed by atoms with Crippen molar-refractivity contribution in [2.24, 2.45) is 10.7 Å². The number of nitrogens with two attached hydrogens (primary N) is 1. The predicted octanol–water partition coefficient (Wildman–Crippen LogP) is 5.03. The number of nitrogens with zero attached hydrogens (tertiary/aromatic N) is 4. The van der Waals surface area contributed by atoms with Gasteiger partial charge in [-0.2, -0.15) is 10.1 Å². The molecule has 1 saturated carbocycles. The van der Waals surface area contributed by atoms with E-state index in [4.69, 9.17) is 27.3 Å². The van der Waals surface area contributed by atoms with Crippen molar-refractivity contribution in [3.63, 3.8) is 0 Å². The van der Waals surface area contributed by atoms with E-state index in [0.717, 1.165) is 41.7 Å². The lowest BCUT2D eigenvalue weighted by Gasteiger charge is -2.25. The summed E-state index contributed by atoms with van der Waals surface area (Å²) in [6.45, 7) is 8.64. The minimum Gasteiger partial charge on any atom is -0.338 e. The van der Waals surface area contributed by atoms with Crippen LogP contribution in [0, 0.1) is 0 Å². The van der Waals surface area contributed by atoms with Gasteiger partial charge >= 0.3 is 0 Å². The number of benzene rings is 1. The predicted molar refractivity (Wildman–Crippen MR) is 127 cm³/mol. The Labute approximate surface area is 188 Å². The first-order chi connectivity index (χ1) is 14.8. The maximum Gasteiger partial charge on any atom is 0.227 e. The molecule has 1 aromatic carbocycles. The van der Waals surface area contributed by atoms with Crippen LogP contribution in [0.15, 0.2) is 29.3 Å². The highest BCUT2D eigenvalue weighted by Gasteiger charge is 2.24. The second kappa shape index (κ2) is 9.01. The first-order valence-corrected chi connectivity index (χ1v) is 11.6. The van der Waals surface area contributed by atoms with Crippen LogP contribution in [-0.2, 0) is 0 Å². The molecule has 1 aliphatic rings. The maximum atomic E-state index is 6.42. The molecule has 0 spiro atoms. The average molecular weight is 442 g/mol. The molecule has 8 heteroatoms. The Morgan fingerprint density at radius 2 is 2.00 bits per heavy atom. The number of H-pyrrole nitrogens is 1. The van der Waals surface area contributed by atoms with Gasteiger partial charge in [0.15, 0.2) is 11.3 Å². The minimum atomic E-state index is 0.0742. The molecular weight excluding hydrogens is 410 g/mol. The van der Waals surface area contributed by atoms with Crippen LogP contribution in [0.1, 0.15) is 71.0 Å². The lowest BCUT2D eigenvalue weighted by atomic mass is 9.91. The molecule has 0 radical (unpaired) electrons. The second-order valence-corrected chi connectivity index (χ2v) is 9.43. The molecule has 4 N–H and O–H groups in total. The number of rotatable bonds is 5. The maximum absolute atomic E-state index is 6.42. The molecule has 0 saturated heterocycles. The van der Waals surface area contributed by atoms with Gasteiger partial charge in [0, 0.05) is 22.8 Å². The van der Waals surface area contributed by atoms with Crippen molar-refractivity contribution in [2.45, 2.75) is 77.4 Å². The fourth-order valence-corrected chi connectivity index (χ4v) is 4.48. The Balaban J connectivity index is 1.96. The average Bonchev–Trinajstić information content (AvgIpc) is 3.15. The van der Waals surface area contributed by atoms with Crippen molar-refractivity contribution in [1.82, 2.24) is 19.7 Å². The lowest BCUT2D eigenvalue weighted by molar-refractivity contribution is 0.375. The zero-order valence-electron chi connectivity index (χ0n) is 18.7. The molecule has 166 valence electrons. The lowest BCUT2D eigenvalue weighted by Crippen LogP contribution is -2.39. The highest BCUT2D eigenvalue weighted by atomic mass is 35.5. The number of anilines is 2. The Morgan fingerprint density at radius 3 is 2.68 bits per heavy atom. The molecule has 2 heterocycles. The number of aromatic amines is 1. The summed E-state index contributed by atoms with van der Waals surface area (Å²) >= 11 is 6.20. The number of halogens is 1. The first-order valence-electron chi connectivity index (χ1n) is 11.2. The van der Waals surface area contributed by atoms with Gasteiger partial charge in [-0.25, -0.2) is 4.99 Å². The van der Waals surface area contributed by atoms with Crippen LogP contribution in [0.4, 0.5) is 11.5 Å². The number of hydrogen-bond acceptors (Lipinski definition) is 5. The number of hydrogen-bond donors (Lipinski definition) is 3. The summed E-state index contributed by atoms with van der Waals surface area (Å²) in [5, 5.41) is 12.0. The van der Waals surface area contributed by atoms with Crippen molar-refractivity contribution in [1.29, 1.82) is 0 Å². The van der Waals surface area contributed by atoms with Gasteiger partial charge in [0.25, 0.3) is 0 Å². The summed E-state index contributed by atoms with van der Waals surface area (Å²) < 4.78 is 2.19. The third kappa shape index (κ3) is 4.48. The second-order valence-electron chi connectivity index (χ2n) is 8.99. The highest BCUT2D eigenvalue weighted by Crippen LogP contribution is 2.29. The van der Waals surface area contributed by atoms with E-state index in [-0.39, 0.29) is 24.0 Å². The number of aromatic nitrogens is 4. The molecule has 1 fully saturated rings. The minimum absolute atomic E-state index is 0.0742. The van der Waals surface area contributed by atoms with Gasteiger partial charge in [0.2, 0.25) is 5.62 Å². The Bertz CT molecular complexity index is 1130. The van der Waals surface area contributed by atoms with E-state index >= 15 is 0 Å². The van der Waals surface area contributed by atoms with E-state index in [1.54, 1.807) is 0 Å². The molecule has 2 unspecified atom stereocenters. The van der Waals surface area contributed by atoms with Crippen LogP contribution in [-0.4, -0.2) is 31.8 Å². The molecule has 2 atom stereocenters. The van der Waals surface area contributed by atoms with Gasteiger partial charge in [-0.05, 0) is 50.8 Å². The molecule has 2 aromatic heterocycles. The molecular formula is C23H32ClN7. The molecule has 7 nitrogen and oxygen atoms in total. The van der Waals surface area contributed by atoms with Crippen molar-refractivity contribution in [3.05, 3.63) is 40.6 Å². The summed E-state index contributed by atoms with van der Waals surface area (Å²) in [5.74, 6) is 0.946. The van der Waals surface area contributed by atoms with Gasteiger partial charge in [0.1, 0.15) is 0 Å². The third-order valence-electron chi connectivity index (χ3n) is 5.90. The molecule has 0 amide bonds. The molecule has 4 rings (SSSR count). The van der Waals surface area contributed by atoms with Crippen LogP contribution < -0.4 is 16.7 Å². The smallest absolute Gasteiger partial charge is 0.227 e. The molecule has 0 bridgehead atoms. The summed E-state index contributed by atoms with van der Waals surface area (Å²) in [6.07, 6.45) is 4.33. The number of fused-ring (bicyclic) bond motifs is 1. The highest BCUT2D eigenvalue weighted by molar-refractivity contribution is 6.30. The molecule has 0 aliphatic heterocycles. The third-order valence-corrected chi connectivity index (χ3v) is 6.14. The van der Waals surface area contributed by atoms with Gasteiger partial charge < -0.3 is 15.6 Å². The van der Waals surface area contributed by atoms with Crippen LogP contribution in [0.25, 0.3) is 11.0 Å². The SMILES string of the molecule is CC(C)c1[nH]nc2c(Nc3cccc(Cl)c3)nc(=NC3CCCCC3N)n(C(C)C)c12. The molecule has 3 aromatic rings. The first kappa shape index (κ1) is 21.8. The Kier molecular flexibility index (Phi) is 6.34. The molecule has 31 heavy (non-hydrogen) atoms. The molecule has 1 aliphatic carbocycles. The quantitative estimate of drug-likeness (QED) is 0.517. The van der Waals surface area contributed by atoms with Crippen LogP contribution in [0.3, 0.4) is 0 Å². The van der Waals surface area contributed by atoms with E-state index < -0.39 is 0 Å². The number of nitrogens with one attached hydrogen (secondary N) is 2. The van der Waals surface area contributed by atoms with Gasteiger partial charge in [0.05, 0.1) is 17.3 Å². The largest absolute Gasteiger partial charge is 0.338 e. The van der Waals surface area contributed by atoms with E-state index in [9.17, 15) is 0 Å². The van der Waals surface area contributed by atoms with Crippen molar-refractivity contribution in [2.75, 3.05) is 5.32 Å². The fourth-order valence-electron chi connectivity index (χ4n) is 4.29. The van der Waals surface area contributed by atoms with Crippen LogP contribution in [0.2, 0.25) is 5.02 Å². The standard InChI is InChI=1S/C23H32ClN7/c1-13(2)19-21-20(30-29-19)22(26-16-9-7-8-15(24)12-16)28-23(31(21)14(3)4)27-18-11-6-5-10-17(18)25/h7-9,12-14,17-18H,5-6,10-11,25H2,1-4H3,(H,29,30)(H,26,27,28). The van der Waals surface area contributed by atoms with E-state index in [2.05, 4.69) is 47.8 Å². The van der Waals surface area contributed by atoms with Crippen LogP contribution >= 0.6 is 11.6 Å². The van der Waals surface area contributed by atoms with Gasteiger partial charge in [-0.3, -0.25) is 5.10 Å². The van der Waals surface area contributed by atoms with Gasteiger partial charge in [-0.1, -0.05) is 44.4 Å². The topological polar surface area (TPSA) is 96.9 Å². The summed E-state index contributed by atoms with van der Waals surface area (Å²) in [4.78, 5) is 10.0. The zero-order valence-corrected chi connectivity index (χ0v) is 19.4. The zero-order chi connectivity index (χ0) is 22.1. The van der Waals surface area contributed by atoms with Crippen molar-refractivity contribution < 1.29 is 0 Å². The summed E-state index contributed by atoms with van der Waals surface area (Å²) in [6, 6.07) is 7.93. The normalized spacial score (nSPS) is 20.2. The van der Waals surface area contributed by atoms with Crippen LogP contribution in [0.5, 0.6) is 0 Å². The van der Waals surface area contributed by atoms with E-state index in [1.165, 1.54) is 6.42 Å². The van der Waals surface area contributed by atoms with E-state index in [0.29, 0.717) is 16.5 Å².